The van der Waals surface area contributed by atoms with E-state index >= 15 is 0 Å². The molecule has 1 N–H and O–H groups in total. The van der Waals surface area contributed by atoms with Gasteiger partial charge in [-0.05, 0) is 23.4 Å². The number of benzene rings is 1. The molecule has 1 heterocycles. The number of aryl methyl sites for hydroxylation is 1. The van der Waals surface area contributed by atoms with E-state index in [4.69, 9.17) is 0 Å². The van der Waals surface area contributed by atoms with Crippen LogP contribution in [0, 0.1) is 0 Å². The second kappa shape index (κ2) is 5.19. The summed E-state index contributed by atoms with van der Waals surface area (Å²) in [7, 11) is 1.46. The van der Waals surface area contributed by atoms with E-state index in [0.29, 0.717) is 0 Å². The Labute approximate surface area is 119 Å². The largest absolute Gasteiger partial charge is 0.417 e. The molecule has 0 saturated carbocycles. The summed E-state index contributed by atoms with van der Waals surface area (Å²) in [5, 5.41) is 12.7. The molecule has 1 aromatic carbocycles. The molecule has 6 nitrogen and oxygen atoms in total. The van der Waals surface area contributed by atoms with E-state index in [1.54, 1.807) is 0 Å². The number of amides is 1. The molecule has 0 bridgehead atoms. The van der Waals surface area contributed by atoms with Gasteiger partial charge in [0.25, 0.3) is 11.9 Å². The number of carbonyl (C=O) groups is 1. The lowest BCUT2D eigenvalue weighted by Gasteiger charge is -2.12. The van der Waals surface area contributed by atoms with E-state index in [2.05, 4.69) is 36.7 Å². The molecule has 0 saturated heterocycles. The Bertz CT molecular complexity index is 655. The van der Waals surface area contributed by atoms with E-state index in [9.17, 15) is 18.0 Å². The van der Waals surface area contributed by atoms with Gasteiger partial charge in [0.2, 0.25) is 0 Å². The molecule has 1 aromatic heterocycles. The highest BCUT2D eigenvalue weighted by molar-refractivity contribution is 9.10. The van der Waals surface area contributed by atoms with Crippen molar-refractivity contribution in [2.45, 2.75) is 6.18 Å². The molecule has 20 heavy (non-hydrogen) atoms. The summed E-state index contributed by atoms with van der Waals surface area (Å²) < 4.78 is 38.9. The number of tetrazole rings is 1. The van der Waals surface area contributed by atoms with Crippen LogP contribution in [0.3, 0.4) is 0 Å². The summed E-state index contributed by atoms with van der Waals surface area (Å²) in [5.41, 5.74) is -1.57. The van der Waals surface area contributed by atoms with Gasteiger partial charge in [-0.3, -0.25) is 10.1 Å². The quantitative estimate of drug-likeness (QED) is 0.902. The number of anilines is 1. The molecular weight excluding hydrogens is 343 g/mol. The molecule has 0 spiro atoms. The topological polar surface area (TPSA) is 72.7 Å². The number of rotatable bonds is 2. The highest BCUT2D eigenvalue weighted by Crippen LogP contribution is 2.34. The zero-order chi connectivity index (χ0) is 14.9. The number of hydrogen-bond acceptors (Lipinski definition) is 4. The molecule has 0 aliphatic carbocycles. The van der Waals surface area contributed by atoms with Gasteiger partial charge in [0.1, 0.15) is 0 Å². The van der Waals surface area contributed by atoms with E-state index in [0.717, 1.165) is 16.9 Å². The van der Waals surface area contributed by atoms with Crippen LogP contribution in [-0.2, 0) is 13.2 Å². The predicted molar refractivity (Wildman–Crippen MR) is 65.9 cm³/mol. The maximum absolute atomic E-state index is 12.9. The predicted octanol–water partition coefficient (Wildman–Crippen LogP) is 2.24. The van der Waals surface area contributed by atoms with Gasteiger partial charge in [-0.2, -0.15) is 18.0 Å². The highest BCUT2D eigenvalue weighted by atomic mass is 79.9. The van der Waals surface area contributed by atoms with Crippen molar-refractivity contribution in [1.82, 2.24) is 20.2 Å². The Balaban J connectivity index is 2.34. The second-order valence-electron chi connectivity index (χ2n) is 3.74. The molecular formula is C10H7BrF3N5O. The van der Waals surface area contributed by atoms with Crippen LogP contribution in [0.1, 0.15) is 15.9 Å². The van der Waals surface area contributed by atoms with Crippen molar-refractivity contribution >= 4 is 27.8 Å². The van der Waals surface area contributed by atoms with Crippen molar-refractivity contribution in [3.8, 4) is 0 Å². The zero-order valence-electron chi connectivity index (χ0n) is 9.94. The molecule has 0 fully saturated rings. The van der Waals surface area contributed by atoms with Crippen molar-refractivity contribution in [3.63, 3.8) is 0 Å². The number of alkyl halides is 3. The van der Waals surface area contributed by atoms with E-state index in [1.165, 1.54) is 13.1 Å². The molecule has 0 unspecified atom stereocenters. The fourth-order valence-electron chi connectivity index (χ4n) is 1.45. The third-order valence-electron chi connectivity index (χ3n) is 2.27. The zero-order valence-corrected chi connectivity index (χ0v) is 11.5. The maximum Gasteiger partial charge on any atom is 0.417 e. The summed E-state index contributed by atoms with van der Waals surface area (Å²) in [6, 6.07) is 3.24. The normalized spacial score (nSPS) is 11.4. The van der Waals surface area contributed by atoms with E-state index in [1.807, 2.05) is 0 Å². The lowest BCUT2D eigenvalue weighted by atomic mass is 10.1. The molecule has 0 radical (unpaired) electrons. The molecule has 1 amide bonds. The fourth-order valence-corrected chi connectivity index (χ4v) is 1.81. The summed E-state index contributed by atoms with van der Waals surface area (Å²) in [6.07, 6.45) is -4.65. The average molecular weight is 350 g/mol. The molecule has 106 valence electrons. The standard InChI is InChI=1S/C10H7BrF3N5O/c1-19-17-9(16-18-19)15-8(20)6-3-2-5(11)4-7(6)10(12,13)14/h2-4H,1H3,(H,15,17,20). The Hall–Kier alpha value is -1.97. The minimum atomic E-state index is -4.65. The van der Waals surface area contributed by atoms with E-state index < -0.39 is 23.2 Å². The number of aromatic nitrogens is 4. The van der Waals surface area contributed by atoms with Crippen LogP contribution in [-0.4, -0.2) is 26.1 Å². The van der Waals surface area contributed by atoms with Gasteiger partial charge < -0.3 is 0 Å². The first-order chi connectivity index (χ1) is 9.27. The number of nitrogens with zero attached hydrogens (tertiary/aromatic N) is 4. The Kier molecular flexibility index (Phi) is 3.75. The van der Waals surface area contributed by atoms with Crippen molar-refractivity contribution in [1.29, 1.82) is 0 Å². The molecule has 10 heteroatoms. The Morgan fingerprint density at radius 3 is 2.65 bits per heavy atom. The highest BCUT2D eigenvalue weighted by Gasteiger charge is 2.35. The van der Waals surface area contributed by atoms with Crippen molar-refractivity contribution < 1.29 is 18.0 Å². The Morgan fingerprint density at radius 2 is 2.10 bits per heavy atom. The van der Waals surface area contributed by atoms with Gasteiger partial charge >= 0.3 is 6.18 Å². The summed E-state index contributed by atoms with van der Waals surface area (Å²) in [5.74, 6) is -1.13. The summed E-state index contributed by atoms with van der Waals surface area (Å²) in [6.45, 7) is 0. The smallest absolute Gasteiger partial charge is 0.288 e. The first-order valence-electron chi connectivity index (χ1n) is 5.19. The number of carbonyl (C=O) groups excluding carboxylic acids is 1. The average Bonchev–Trinajstić information content (AvgIpc) is 2.73. The number of hydrogen-bond donors (Lipinski definition) is 1. The van der Waals surface area contributed by atoms with Gasteiger partial charge in [-0.25, -0.2) is 0 Å². The molecule has 0 aliphatic heterocycles. The van der Waals surface area contributed by atoms with Gasteiger partial charge in [0.15, 0.2) is 0 Å². The Morgan fingerprint density at radius 1 is 1.40 bits per heavy atom. The fraction of sp³-hybridized carbons (Fsp3) is 0.200. The second-order valence-corrected chi connectivity index (χ2v) is 4.66. The molecule has 2 aromatic rings. The lowest BCUT2D eigenvalue weighted by Crippen LogP contribution is -2.19. The van der Waals surface area contributed by atoms with Crippen LogP contribution < -0.4 is 5.32 Å². The van der Waals surface area contributed by atoms with Gasteiger partial charge in [0, 0.05) is 4.47 Å². The third-order valence-corrected chi connectivity index (χ3v) is 2.76. The van der Waals surface area contributed by atoms with Crippen molar-refractivity contribution in [2.75, 3.05) is 5.32 Å². The van der Waals surface area contributed by atoms with Gasteiger partial charge in [-0.15, -0.1) is 5.10 Å². The third kappa shape index (κ3) is 3.13. The van der Waals surface area contributed by atoms with Crippen LogP contribution >= 0.6 is 15.9 Å². The molecule has 2 rings (SSSR count). The van der Waals surface area contributed by atoms with E-state index in [-0.39, 0.29) is 10.4 Å². The number of nitrogens with one attached hydrogen (secondary N) is 1. The van der Waals surface area contributed by atoms with Gasteiger partial charge in [0.05, 0.1) is 18.2 Å². The first-order valence-corrected chi connectivity index (χ1v) is 5.99. The monoisotopic (exact) mass is 349 g/mol. The van der Waals surface area contributed by atoms with Crippen LogP contribution in [0.5, 0.6) is 0 Å². The number of halogens is 4. The maximum atomic E-state index is 12.9. The lowest BCUT2D eigenvalue weighted by molar-refractivity contribution is -0.137. The van der Waals surface area contributed by atoms with Gasteiger partial charge in [-0.1, -0.05) is 21.0 Å². The van der Waals surface area contributed by atoms with Crippen LogP contribution in [0.4, 0.5) is 19.1 Å². The SMILES string of the molecule is Cn1nnc(NC(=O)c2ccc(Br)cc2C(F)(F)F)n1. The van der Waals surface area contributed by atoms with Crippen LogP contribution in [0.15, 0.2) is 22.7 Å². The minimum absolute atomic E-state index is 0.173. The van der Waals surface area contributed by atoms with Crippen LogP contribution in [0.25, 0.3) is 0 Å². The minimum Gasteiger partial charge on any atom is -0.288 e. The van der Waals surface area contributed by atoms with Crippen molar-refractivity contribution in [3.05, 3.63) is 33.8 Å². The summed E-state index contributed by atoms with van der Waals surface area (Å²) in [4.78, 5) is 12.9. The molecule has 0 atom stereocenters. The molecule has 0 aliphatic rings. The van der Waals surface area contributed by atoms with Crippen molar-refractivity contribution in [2.24, 2.45) is 7.05 Å². The summed E-state index contributed by atoms with van der Waals surface area (Å²) >= 11 is 2.94. The first kappa shape index (κ1) is 14.4. The van der Waals surface area contributed by atoms with Crippen LogP contribution in [0.2, 0.25) is 0 Å².